The van der Waals surface area contributed by atoms with E-state index in [9.17, 15) is 13.6 Å². The van der Waals surface area contributed by atoms with Crippen LogP contribution in [0.2, 0.25) is 0 Å². The molecule has 0 radical (unpaired) electrons. The van der Waals surface area contributed by atoms with Gasteiger partial charge in [0.2, 0.25) is 0 Å². The van der Waals surface area contributed by atoms with Crippen molar-refractivity contribution in [2.75, 3.05) is 7.11 Å². The number of fused-ring (bicyclic) bond motifs is 1. The van der Waals surface area contributed by atoms with Gasteiger partial charge in [-0.05, 0) is 72.3 Å². The van der Waals surface area contributed by atoms with Gasteiger partial charge in [-0.25, -0.2) is 13.8 Å². The summed E-state index contributed by atoms with van der Waals surface area (Å²) >= 11 is 0. The number of hydrogen-bond donors (Lipinski definition) is 2. The zero-order valence-corrected chi connectivity index (χ0v) is 18.7. The maximum Gasteiger partial charge on any atom is 0.252 e. The molecule has 2 heterocycles. The standard InChI is InChI=1S/C27H20F2N4O2/c1-35-21-12-6-18(7-13-21)25-24-22(27(34)30-15-16-2-8-19(28)9-3-16)14-23(31-26(24)33-32-25)17-4-10-20(29)11-5-17/h2-14H,15H2,1H3,(H,30,34)(H,31,32,33). The highest BCUT2D eigenvalue weighted by atomic mass is 19.1. The maximum absolute atomic E-state index is 13.5. The Kier molecular flexibility index (Phi) is 5.93. The summed E-state index contributed by atoms with van der Waals surface area (Å²) in [6.45, 7) is 0.213. The van der Waals surface area contributed by atoms with Crippen LogP contribution in [0, 0.1) is 11.6 Å². The van der Waals surface area contributed by atoms with E-state index in [2.05, 4.69) is 20.5 Å². The summed E-state index contributed by atoms with van der Waals surface area (Å²) < 4.78 is 31.9. The van der Waals surface area contributed by atoms with Gasteiger partial charge in [-0.3, -0.25) is 9.89 Å². The van der Waals surface area contributed by atoms with Crippen LogP contribution < -0.4 is 10.1 Å². The quantitative estimate of drug-likeness (QED) is 0.343. The van der Waals surface area contributed by atoms with E-state index in [1.54, 1.807) is 37.4 Å². The number of rotatable bonds is 6. The van der Waals surface area contributed by atoms with E-state index in [0.29, 0.717) is 39.3 Å². The number of amides is 1. The Labute approximate surface area is 199 Å². The number of methoxy groups -OCH3 is 1. The number of halogens is 2. The molecule has 2 N–H and O–H groups in total. The Morgan fingerprint density at radius 1 is 0.914 bits per heavy atom. The molecule has 2 aromatic heterocycles. The molecule has 0 aliphatic carbocycles. The van der Waals surface area contributed by atoms with Crippen molar-refractivity contribution in [1.82, 2.24) is 20.5 Å². The average molecular weight is 470 g/mol. The number of nitrogens with one attached hydrogen (secondary N) is 2. The average Bonchev–Trinajstić information content (AvgIpc) is 3.32. The van der Waals surface area contributed by atoms with Crippen LogP contribution in [0.15, 0.2) is 78.9 Å². The van der Waals surface area contributed by atoms with Crippen molar-refractivity contribution in [3.8, 4) is 28.3 Å². The number of carbonyl (C=O) groups excluding carboxylic acids is 1. The van der Waals surface area contributed by atoms with Gasteiger partial charge in [0, 0.05) is 17.7 Å². The fourth-order valence-corrected chi connectivity index (χ4v) is 3.82. The second kappa shape index (κ2) is 9.34. The van der Waals surface area contributed by atoms with Crippen LogP contribution in [0.4, 0.5) is 8.78 Å². The van der Waals surface area contributed by atoms with Gasteiger partial charge in [0.15, 0.2) is 5.65 Å². The highest BCUT2D eigenvalue weighted by Gasteiger charge is 2.20. The molecule has 0 unspecified atom stereocenters. The van der Waals surface area contributed by atoms with E-state index in [1.807, 2.05) is 24.3 Å². The third-order valence-electron chi connectivity index (χ3n) is 5.65. The van der Waals surface area contributed by atoms with Crippen LogP contribution in [0.1, 0.15) is 15.9 Å². The minimum atomic E-state index is -0.367. The van der Waals surface area contributed by atoms with Gasteiger partial charge in [0.25, 0.3) is 5.91 Å². The molecule has 1 amide bonds. The predicted molar refractivity (Wildman–Crippen MR) is 129 cm³/mol. The van der Waals surface area contributed by atoms with E-state index < -0.39 is 0 Å². The smallest absolute Gasteiger partial charge is 0.252 e. The summed E-state index contributed by atoms with van der Waals surface area (Å²) in [6, 6.07) is 20.8. The molecule has 0 spiro atoms. The summed E-state index contributed by atoms with van der Waals surface area (Å²) in [4.78, 5) is 18.0. The topological polar surface area (TPSA) is 79.9 Å². The lowest BCUT2D eigenvalue weighted by atomic mass is 10.0. The van der Waals surface area contributed by atoms with Gasteiger partial charge in [0.1, 0.15) is 17.4 Å². The van der Waals surface area contributed by atoms with Crippen molar-refractivity contribution >= 4 is 16.9 Å². The van der Waals surface area contributed by atoms with E-state index in [-0.39, 0.29) is 24.1 Å². The summed E-state index contributed by atoms with van der Waals surface area (Å²) in [5.41, 5.74) is 4.03. The second-order valence-electron chi connectivity index (χ2n) is 7.90. The normalized spacial score (nSPS) is 10.9. The van der Waals surface area contributed by atoms with Crippen LogP contribution >= 0.6 is 0 Å². The second-order valence-corrected chi connectivity index (χ2v) is 7.90. The summed E-state index contributed by atoms with van der Waals surface area (Å²) in [6.07, 6.45) is 0. The lowest BCUT2D eigenvalue weighted by Crippen LogP contribution is -2.23. The Bertz CT molecular complexity index is 1500. The first-order chi connectivity index (χ1) is 17.0. The summed E-state index contributed by atoms with van der Waals surface area (Å²) in [7, 11) is 1.59. The highest BCUT2D eigenvalue weighted by molar-refractivity contribution is 6.11. The largest absolute Gasteiger partial charge is 0.497 e. The number of carbonyl (C=O) groups is 1. The molecule has 35 heavy (non-hydrogen) atoms. The summed E-state index contributed by atoms with van der Waals surface area (Å²) in [5.74, 6) is -0.358. The molecule has 0 saturated heterocycles. The van der Waals surface area contributed by atoms with E-state index >= 15 is 0 Å². The molecule has 5 aromatic rings. The Morgan fingerprint density at radius 3 is 2.20 bits per heavy atom. The lowest BCUT2D eigenvalue weighted by molar-refractivity contribution is 0.0952. The molecule has 6 nitrogen and oxygen atoms in total. The number of aromatic amines is 1. The number of aromatic nitrogens is 3. The minimum absolute atomic E-state index is 0.213. The molecule has 0 aliphatic rings. The molecule has 0 saturated carbocycles. The van der Waals surface area contributed by atoms with E-state index in [0.717, 1.165) is 11.1 Å². The molecular weight excluding hydrogens is 450 g/mol. The zero-order valence-electron chi connectivity index (χ0n) is 18.7. The number of benzene rings is 3. The van der Waals surface area contributed by atoms with Gasteiger partial charge in [-0.2, -0.15) is 5.10 Å². The minimum Gasteiger partial charge on any atom is -0.497 e. The molecule has 0 aliphatic heterocycles. The zero-order chi connectivity index (χ0) is 24.4. The predicted octanol–water partition coefficient (Wildman–Crippen LogP) is 5.51. The monoisotopic (exact) mass is 470 g/mol. The van der Waals surface area contributed by atoms with Crippen LogP contribution in [0.25, 0.3) is 33.5 Å². The number of nitrogens with zero attached hydrogens (tertiary/aromatic N) is 2. The molecule has 3 aromatic carbocycles. The van der Waals surface area contributed by atoms with Crippen molar-refractivity contribution in [2.24, 2.45) is 0 Å². The molecule has 0 atom stereocenters. The third kappa shape index (κ3) is 4.59. The first-order valence-corrected chi connectivity index (χ1v) is 10.8. The van der Waals surface area contributed by atoms with Gasteiger partial charge >= 0.3 is 0 Å². The van der Waals surface area contributed by atoms with Crippen LogP contribution in [0.5, 0.6) is 5.75 Å². The van der Waals surface area contributed by atoms with Crippen molar-refractivity contribution in [1.29, 1.82) is 0 Å². The molecule has 8 heteroatoms. The number of hydrogen-bond acceptors (Lipinski definition) is 4. The van der Waals surface area contributed by atoms with Crippen molar-refractivity contribution in [3.05, 3.63) is 102 Å². The SMILES string of the molecule is COc1ccc(-c2[nH]nc3nc(-c4ccc(F)cc4)cc(C(=O)NCc4ccc(F)cc4)c23)cc1. The number of pyridine rings is 1. The first-order valence-electron chi connectivity index (χ1n) is 10.8. The molecule has 0 bridgehead atoms. The van der Waals surface area contributed by atoms with Crippen molar-refractivity contribution in [3.63, 3.8) is 0 Å². The first kappa shape index (κ1) is 22.2. The van der Waals surface area contributed by atoms with Gasteiger partial charge in [0.05, 0.1) is 29.4 Å². The van der Waals surface area contributed by atoms with E-state index in [4.69, 9.17) is 4.74 Å². The Morgan fingerprint density at radius 2 is 1.54 bits per heavy atom. The van der Waals surface area contributed by atoms with Gasteiger partial charge < -0.3 is 10.1 Å². The van der Waals surface area contributed by atoms with E-state index in [1.165, 1.54) is 24.3 Å². The van der Waals surface area contributed by atoms with Crippen LogP contribution in [-0.4, -0.2) is 28.2 Å². The summed E-state index contributed by atoms with van der Waals surface area (Å²) in [5, 5.41) is 10.8. The Balaban J connectivity index is 1.59. The fourth-order valence-electron chi connectivity index (χ4n) is 3.82. The van der Waals surface area contributed by atoms with Crippen LogP contribution in [0.3, 0.4) is 0 Å². The Hall–Kier alpha value is -4.59. The van der Waals surface area contributed by atoms with Crippen LogP contribution in [-0.2, 0) is 6.54 Å². The van der Waals surface area contributed by atoms with Crippen molar-refractivity contribution in [2.45, 2.75) is 6.54 Å². The highest BCUT2D eigenvalue weighted by Crippen LogP contribution is 2.32. The fraction of sp³-hybridized carbons (Fsp3) is 0.0741. The van der Waals surface area contributed by atoms with Gasteiger partial charge in [-0.15, -0.1) is 0 Å². The number of ether oxygens (including phenoxy) is 1. The van der Waals surface area contributed by atoms with Crippen molar-refractivity contribution < 1.29 is 18.3 Å². The maximum atomic E-state index is 13.5. The molecule has 0 fully saturated rings. The molecule has 5 rings (SSSR count). The molecular formula is C27H20F2N4O2. The third-order valence-corrected chi connectivity index (χ3v) is 5.65. The number of H-pyrrole nitrogens is 1. The lowest BCUT2D eigenvalue weighted by Gasteiger charge is -2.10. The molecule has 174 valence electrons. The van der Waals surface area contributed by atoms with Gasteiger partial charge in [-0.1, -0.05) is 12.1 Å².